The molecule has 1 saturated heterocycles. The minimum absolute atomic E-state index is 0.147. The average molecular weight is 379 g/mol. The smallest absolute Gasteiger partial charge is 0.326 e. The third kappa shape index (κ3) is 4.61. The molecule has 25 heavy (non-hydrogen) atoms. The third-order valence-electron chi connectivity index (χ3n) is 3.82. The number of carbonyl (C=O) groups excluding carboxylic acids is 1. The second-order valence-electron chi connectivity index (χ2n) is 6.52. The van der Waals surface area contributed by atoms with Gasteiger partial charge in [-0.3, -0.25) is 9.69 Å². The molecule has 1 N–H and O–H groups in total. The quantitative estimate of drug-likeness (QED) is 0.604. The molecule has 0 unspecified atom stereocenters. The number of carboxylic acid groups (broad SMARTS) is 1. The third-order valence-corrected chi connectivity index (χ3v) is 5.15. The zero-order valence-corrected chi connectivity index (χ0v) is 16.4. The maximum absolute atomic E-state index is 12.7. The van der Waals surface area contributed by atoms with E-state index in [1.807, 2.05) is 57.1 Å². The standard InChI is InChI=1S/C18H22N2O3S2/c1-11(2)9-14(17(22)23)20-16(21)15(25-18(20)24)10-12-5-7-13(8-6-12)19(3)4/h5-8,10-11,14H,9H2,1-4H3,(H,22,23)/b15-10-/t14-/m0/s1. The van der Waals surface area contributed by atoms with Gasteiger partial charge in [0.2, 0.25) is 0 Å². The van der Waals surface area contributed by atoms with E-state index in [0.29, 0.717) is 15.6 Å². The van der Waals surface area contributed by atoms with Gasteiger partial charge in [0, 0.05) is 19.8 Å². The van der Waals surface area contributed by atoms with Gasteiger partial charge in [0.25, 0.3) is 5.91 Å². The van der Waals surface area contributed by atoms with E-state index in [1.54, 1.807) is 6.08 Å². The van der Waals surface area contributed by atoms with Gasteiger partial charge >= 0.3 is 5.97 Å². The lowest BCUT2D eigenvalue weighted by molar-refractivity contribution is -0.145. The second kappa shape index (κ2) is 8.01. The molecule has 134 valence electrons. The molecule has 2 rings (SSSR count). The lowest BCUT2D eigenvalue weighted by Gasteiger charge is -2.24. The molecule has 0 aliphatic carbocycles. The van der Waals surface area contributed by atoms with Crippen LogP contribution in [0.3, 0.4) is 0 Å². The number of benzene rings is 1. The van der Waals surface area contributed by atoms with Crippen LogP contribution in [-0.2, 0) is 9.59 Å². The van der Waals surface area contributed by atoms with Crippen LogP contribution in [0.25, 0.3) is 6.08 Å². The first-order valence-electron chi connectivity index (χ1n) is 7.98. The maximum Gasteiger partial charge on any atom is 0.326 e. The summed E-state index contributed by atoms with van der Waals surface area (Å²) in [7, 11) is 3.92. The number of nitrogens with zero attached hydrogens (tertiary/aromatic N) is 2. The number of aliphatic carboxylic acids is 1. The zero-order valence-electron chi connectivity index (χ0n) is 14.7. The van der Waals surface area contributed by atoms with E-state index in [9.17, 15) is 14.7 Å². The predicted molar refractivity (Wildman–Crippen MR) is 107 cm³/mol. The van der Waals surface area contributed by atoms with Crippen LogP contribution in [0, 0.1) is 5.92 Å². The monoisotopic (exact) mass is 378 g/mol. The minimum atomic E-state index is -1.03. The van der Waals surface area contributed by atoms with E-state index in [1.165, 1.54) is 4.90 Å². The molecule has 7 heteroatoms. The van der Waals surface area contributed by atoms with Gasteiger partial charge in [-0.2, -0.15) is 0 Å². The summed E-state index contributed by atoms with van der Waals surface area (Å²) in [6, 6.07) is 6.85. The van der Waals surface area contributed by atoms with Gasteiger partial charge < -0.3 is 10.0 Å². The number of thioether (sulfide) groups is 1. The lowest BCUT2D eigenvalue weighted by atomic mass is 10.0. The average Bonchev–Trinajstić information content (AvgIpc) is 2.79. The Hall–Kier alpha value is -1.86. The summed E-state index contributed by atoms with van der Waals surface area (Å²) in [6.45, 7) is 3.85. The highest BCUT2D eigenvalue weighted by atomic mass is 32.2. The highest BCUT2D eigenvalue weighted by molar-refractivity contribution is 8.26. The van der Waals surface area contributed by atoms with Crippen molar-refractivity contribution in [3.8, 4) is 0 Å². The number of rotatable bonds is 6. The summed E-state index contributed by atoms with van der Waals surface area (Å²) in [5, 5.41) is 9.49. The highest BCUT2D eigenvalue weighted by Gasteiger charge is 2.40. The fourth-order valence-electron chi connectivity index (χ4n) is 2.53. The van der Waals surface area contributed by atoms with Gasteiger partial charge in [-0.15, -0.1) is 0 Å². The van der Waals surface area contributed by atoms with Crippen LogP contribution in [0.15, 0.2) is 29.2 Å². The fourth-order valence-corrected chi connectivity index (χ4v) is 3.89. The van der Waals surface area contributed by atoms with E-state index in [0.717, 1.165) is 23.0 Å². The Labute approximate surface area is 157 Å². The summed E-state index contributed by atoms with van der Waals surface area (Å²) in [6.07, 6.45) is 2.12. The van der Waals surface area contributed by atoms with Crippen molar-refractivity contribution in [1.82, 2.24) is 4.90 Å². The molecular weight excluding hydrogens is 356 g/mol. The summed E-state index contributed by atoms with van der Waals surface area (Å²) >= 11 is 6.43. The van der Waals surface area contributed by atoms with Crippen LogP contribution in [0.1, 0.15) is 25.8 Å². The van der Waals surface area contributed by atoms with Crippen LogP contribution in [0.5, 0.6) is 0 Å². The second-order valence-corrected chi connectivity index (χ2v) is 8.20. The number of carbonyl (C=O) groups is 2. The van der Waals surface area contributed by atoms with E-state index >= 15 is 0 Å². The molecule has 1 amide bonds. The Balaban J connectivity index is 2.26. The molecule has 0 bridgehead atoms. The van der Waals surface area contributed by atoms with Crippen molar-refractivity contribution >= 4 is 51.9 Å². The van der Waals surface area contributed by atoms with Gasteiger partial charge in [-0.05, 0) is 36.1 Å². The van der Waals surface area contributed by atoms with Crippen molar-refractivity contribution in [2.75, 3.05) is 19.0 Å². The number of hydrogen-bond donors (Lipinski definition) is 1. The molecule has 1 fully saturated rings. The van der Waals surface area contributed by atoms with E-state index in [4.69, 9.17) is 12.2 Å². The molecule has 0 aromatic heterocycles. The van der Waals surface area contributed by atoms with Gasteiger partial charge in [-0.1, -0.05) is 50.0 Å². The molecule has 0 radical (unpaired) electrons. The van der Waals surface area contributed by atoms with Crippen molar-refractivity contribution in [2.24, 2.45) is 5.92 Å². The van der Waals surface area contributed by atoms with Gasteiger partial charge in [0.1, 0.15) is 10.4 Å². The normalized spacial score (nSPS) is 17.5. The van der Waals surface area contributed by atoms with E-state index in [-0.39, 0.29) is 11.8 Å². The van der Waals surface area contributed by atoms with Crippen molar-refractivity contribution < 1.29 is 14.7 Å². The Bertz CT molecular complexity index is 712. The number of thiocarbonyl (C=S) groups is 1. The van der Waals surface area contributed by atoms with Crippen molar-refractivity contribution in [2.45, 2.75) is 26.3 Å². The van der Waals surface area contributed by atoms with Gasteiger partial charge in [0.05, 0.1) is 4.91 Å². The first kappa shape index (κ1) is 19.5. The van der Waals surface area contributed by atoms with Crippen molar-refractivity contribution in [3.05, 3.63) is 34.7 Å². The van der Waals surface area contributed by atoms with Crippen molar-refractivity contribution in [1.29, 1.82) is 0 Å². The number of amides is 1. The number of anilines is 1. The minimum Gasteiger partial charge on any atom is -0.480 e. The number of carboxylic acids is 1. The molecule has 0 saturated carbocycles. The summed E-state index contributed by atoms with van der Waals surface area (Å²) in [5.41, 5.74) is 1.94. The molecule has 1 aliphatic heterocycles. The van der Waals surface area contributed by atoms with Gasteiger partial charge in [0.15, 0.2) is 0 Å². The molecule has 0 spiro atoms. The Kier molecular flexibility index (Phi) is 6.24. The first-order chi connectivity index (χ1) is 11.7. The first-order valence-corrected chi connectivity index (χ1v) is 9.20. The summed E-state index contributed by atoms with van der Waals surface area (Å²) < 4.78 is 0.300. The van der Waals surface area contributed by atoms with Crippen LogP contribution in [0.4, 0.5) is 5.69 Å². The Morgan fingerprint density at radius 2 is 1.92 bits per heavy atom. The van der Waals surface area contributed by atoms with Crippen molar-refractivity contribution in [3.63, 3.8) is 0 Å². The molecule has 5 nitrogen and oxygen atoms in total. The molecule has 1 heterocycles. The molecule has 1 atom stereocenters. The molecular formula is C18H22N2O3S2. The molecule has 1 aliphatic rings. The zero-order chi connectivity index (χ0) is 18.7. The van der Waals surface area contributed by atoms with Gasteiger partial charge in [-0.25, -0.2) is 4.79 Å². The predicted octanol–water partition coefficient (Wildman–Crippen LogP) is 3.45. The van der Waals surface area contributed by atoms with E-state index < -0.39 is 12.0 Å². The summed E-state index contributed by atoms with van der Waals surface area (Å²) in [5.74, 6) is -1.21. The highest BCUT2D eigenvalue weighted by Crippen LogP contribution is 2.35. The van der Waals surface area contributed by atoms with E-state index in [2.05, 4.69) is 0 Å². The topological polar surface area (TPSA) is 60.9 Å². The lowest BCUT2D eigenvalue weighted by Crippen LogP contribution is -2.44. The Morgan fingerprint density at radius 1 is 1.32 bits per heavy atom. The maximum atomic E-state index is 12.7. The fraction of sp³-hybridized carbons (Fsp3) is 0.389. The largest absolute Gasteiger partial charge is 0.480 e. The molecule has 1 aromatic rings. The number of hydrogen-bond acceptors (Lipinski definition) is 5. The Morgan fingerprint density at radius 3 is 2.40 bits per heavy atom. The van der Waals surface area contributed by atoms with Crippen LogP contribution < -0.4 is 4.90 Å². The van der Waals surface area contributed by atoms with Crippen LogP contribution >= 0.6 is 24.0 Å². The molecule has 1 aromatic carbocycles. The van der Waals surface area contributed by atoms with Crippen LogP contribution in [-0.4, -0.2) is 46.3 Å². The SMILES string of the molecule is CC(C)C[C@@H](C(=O)O)N1C(=O)/C(=C/c2ccc(N(C)C)cc2)SC1=S. The summed E-state index contributed by atoms with van der Waals surface area (Å²) in [4.78, 5) is 28.0. The van der Waals surface area contributed by atoms with Crippen LogP contribution in [0.2, 0.25) is 0 Å².